The van der Waals surface area contributed by atoms with Crippen molar-refractivity contribution in [3.8, 4) is 5.75 Å². The molecule has 1 fully saturated rings. The Morgan fingerprint density at radius 1 is 1.36 bits per heavy atom. The number of ether oxygens (including phenoxy) is 2. The fraction of sp³-hybridized carbons (Fsp3) is 0.588. The van der Waals surface area contributed by atoms with Gasteiger partial charge in [-0.2, -0.15) is 0 Å². The van der Waals surface area contributed by atoms with Crippen molar-refractivity contribution in [2.45, 2.75) is 12.8 Å². The van der Waals surface area contributed by atoms with Gasteiger partial charge in [-0.3, -0.25) is 4.99 Å². The minimum atomic E-state index is 0.609. The number of aliphatic imine (C=N–C) groups is 1. The van der Waals surface area contributed by atoms with E-state index in [1.165, 1.54) is 12.0 Å². The number of nitrogens with zero attached hydrogens (tertiary/aromatic N) is 2. The molecular weight excluding hydrogens is 278 g/mol. The third kappa shape index (κ3) is 4.37. The number of likely N-dealkylation sites (tertiary alicyclic amines) is 1. The summed E-state index contributed by atoms with van der Waals surface area (Å²) in [6.07, 6.45) is 2.08. The molecular formula is C17H27N3O2. The van der Waals surface area contributed by atoms with Gasteiger partial charge in [-0.1, -0.05) is 18.2 Å². The second kappa shape index (κ2) is 8.63. The van der Waals surface area contributed by atoms with Crippen LogP contribution in [0.15, 0.2) is 29.3 Å². The van der Waals surface area contributed by atoms with E-state index in [4.69, 9.17) is 9.47 Å². The van der Waals surface area contributed by atoms with E-state index < -0.39 is 0 Å². The van der Waals surface area contributed by atoms with E-state index in [2.05, 4.69) is 21.3 Å². The molecule has 5 nitrogen and oxygen atoms in total. The van der Waals surface area contributed by atoms with Crippen molar-refractivity contribution in [3.63, 3.8) is 0 Å². The minimum absolute atomic E-state index is 0.609. The maximum atomic E-state index is 5.39. The first-order chi connectivity index (χ1) is 10.8. The van der Waals surface area contributed by atoms with Crippen LogP contribution in [-0.2, 0) is 11.2 Å². The van der Waals surface area contributed by atoms with Crippen molar-refractivity contribution in [1.82, 2.24) is 10.2 Å². The van der Waals surface area contributed by atoms with Crippen molar-refractivity contribution in [2.75, 3.05) is 47.5 Å². The molecule has 0 spiro atoms. The lowest BCUT2D eigenvalue weighted by Gasteiger charge is -2.21. The Morgan fingerprint density at radius 3 is 2.91 bits per heavy atom. The lowest BCUT2D eigenvalue weighted by molar-refractivity contribution is 0.157. The van der Waals surface area contributed by atoms with Crippen LogP contribution in [-0.4, -0.2) is 58.4 Å². The number of rotatable bonds is 6. The molecule has 0 aromatic heterocycles. The zero-order valence-electron chi connectivity index (χ0n) is 13.8. The standard InChI is InChI=1S/C17H27N3O2/c1-18-17(20-11-9-14(12-20)13-21-2)19-10-8-15-6-4-5-7-16(15)22-3/h4-7,14H,8-13H2,1-3H3,(H,18,19). The second-order valence-electron chi connectivity index (χ2n) is 5.59. The number of nitrogens with one attached hydrogen (secondary N) is 1. The van der Waals surface area contributed by atoms with Gasteiger partial charge in [0.25, 0.3) is 0 Å². The predicted molar refractivity (Wildman–Crippen MR) is 89.6 cm³/mol. The second-order valence-corrected chi connectivity index (χ2v) is 5.59. The molecule has 1 aromatic carbocycles. The Morgan fingerprint density at radius 2 is 2.18 bits per heavy atom. The monoisotopic (exact) mass is 305 g/mol. The predicted octanol–water partition coefficient (Wildman–Crippen LogP) is 1.78. The molecule has 2 rings (SSSR count). The van der Waals surface area contributed by atoms with Gasteiger partial charge >= 0.3 is 0 Å². The fourth-order valence-corrected chi connectivity index (χ4v) is 2.95. The molecule has 1 aromatic rings. The number of guanidine groups is 1. The van der Waals surface area contributed by atoms with Gasteiger partial charge in [0.1, 0.15) is 5.75 Å². The van der Waals surface area contributed by atoms with Gasteiger partial charge in [-0.05, 0) is 24.5 Å². The van der Waals surface area contributed by atoms with Crippen LogP contribution in [0.1, 0.15) is 12.0 Å². The summed E-state index contributed by atoms with van der Waals surface area (Å²) in [6, 6.07) is 8.14. The summed E-state index contributed by atoms with van der Waals surface area (Å²) in [6.45, 7) is 3.73. The quantitative estimate of drug-likeness (QED) is 0.643. The average molecular weight is 305 g/mol. The van der Waals surface area contributed by atoms with Gasteiger partial charge < -0.3 is 19.7 Å². The van der Waals surface area contributed by atoms with Crippen molar-refractivity contribution in [2.24, 2.45) is 10.9 Å². The first-order valence-corrected chi connectivity index (χ1v) is 7.85. The van der Waals surface area contributed by atoms with Crippen molar-refractivity contribution >= 4 is 5.96 Å². The van der Waals surface area contributed by atoms with Crippen molar-refractivity contribution in [1.29, 1.82) is 0 Å². The summed E-state index contributed by atoms with van der Waals surface area (Å²) in [5, 5.41) is 3.45. The Hall–Kier alpha value is -1.75. The summed E-state index contributed by atoms with van der Waals surface area (Å²) in [7, 11) is 5.32. The summed E-state index contributed by atoms with van der Waals surface area (Å²) >= 11 is 0. The lowest BCUT2D eigenvalue weighted by atomic mass is 10.1. The molecule has 0 saturated carbocycles. The molecule has 1 atom stereocenters. The summed E-state index contributed by atoms with van der Waals surface area (Å²) in [4.78, 5) is 6.71. The maximum Gasteiger partial charge on any atom is 0.193 e. The molecule has 0 bridgehead atoms. The Labute approximate surface area is 133 Å². The minimum Gasteiger partial charge on any atom is -0.496 e. The van der Waals surface area contributed by atoms with E-state index in [0.29, 0.717) is 5.92 Å². The zero-order valence-corrected chi connectivity index (χ0v) is 13.8. The Kier molecular flexibility index (Phi) is 6.52. The molecule has 0 amide bonds. The third-order valence-corrected chi connectivity index (χ3v) is 4.07. The highest BCUT2D eigenvalue weighted by Crippen LogP contribution is 2.18. The van der Waals surface area contributed by atoms with E-state index >= 15 is 0 Å². The van der Waals surface area contributed by atoms with Crippen LogP contribution in [0.3, 0.4) is 0 Å². The van der Waals surface area contributed by atoms with Crippen molar-refractivity contribution < 1.29 is 9.47 Å². The largest absolute Gasteiger partial charge is 0.496 e. The Bertz CT molecular complexity index is 491. The number of hydrogen-bond acceptors (Lipinski definition) is 3. The molecule has 1 N–H and O–H groups in total. The molecule has 0 radical (unpaired) electrons. The summed E-state index contributed by atoms with van der Waals surface area (Å²) < 4.78 is 10.6. The zero-order chi connectivity index (χ0) is 15.8. The first kappa shape index (κ1) is 16.6. The Balaban J connectivity index is 1.82. The van der Waals surface area contributed by atoms with Crippen LogP contribution in [0.5, 0.6) is 5.75 Å². The van der Waals surface area contributed by atoms with E-state index in [0.717, 1.165) is 44.4 Å². The molecule has 5 heteroatoms. The molecule has 1 aliphatic rings. The van der Waals surface area contributed by atoms with E-state index in [-0.39, 0.29) is 0 Å². The van der Waals surface area contributed by atoms with E-state index in [1.807, 2.05) is 25.2 Å². The van der Waals surface area contributed by atoms with Crippen molar-refractivity contribution in [3.05, 3.63) is 29.8 Å². The lowest BCUT2D eigenvalue weighted by Crippen LogP contribution is -2.41. The molecule has 1 aliphatic heterocycles. The SMILES string of the molecule is CN=C(NCCc1ccccc1OC)N1CCC(COC)C1. The topological polar surface area (TPSA) is 46.1 Å². The van der Waals surface area contributed by atoms with Crippen LogP contribution in [0, 0.1) is 5.92 Å². The smallest absolute Gasteiger partial charge is 0.193 e. The highest BCUT2D eigenvalue weighted by molar-refractivity contribution is 5.80. The molecule has 0 aliphatic carbocycles. The third-order valence-electron chi connectivity index (χ3n) is 4.07. The molecule has 1 heterocycles. The summed E-state index contributed by atoms with van der Waals surface area (Å²) in [5.74, 6) is 2.53. The van der Waals surface area contributed by atoms with Crippen LogP contribution in [0.4, 0.5) is 0 Å². The molecule has 1 saturated heterocycles. The molecule has 1 unspecified atom stereocenters. The highest BCUT2D eigenvalue weighted by Gasteiger charge is 2.24. The number of methoxy groups -OCH3 is 2. The van der Waals surface area contributed by atoms with Gasteiger partial charge in [-0.15, -0.1) is 0 Å². The van der Waals surface area contributed by atoms with E-state index in [1.54, 1.807) is 14.2 Å². The highest BCUT2D eigenvalue weighted by atomic mass is 16.5. The number of hydrogen-bond donors (Lipinski definition) is 1. The van der Waals surface area contributed by atoms with Gasteiger partial charge in [-0.25, -0.2) is 0 Å². The number of benzene rings is 1. The molecule has 22 heavy (non-hydrogen) atoms. The maximum absolute atomic E-state index is 5.39. The van der Waals surface area contributed by atoms with Crippen LogP contribution >= 0.6 is 0 Å². The van der Waals surface area contributed by atoms with Gasteiger partial charge in [0.15, 0.2) is 5.96 Å². The fourth-order valence-electron chi connectivity index (χ4n) is 2.95. The van der Waals surface area contributed by atoms with Gasteiger partial charge in [0.05, 0.1) is 13.7 Å². The van der Waals surface area contributed by atoms with E-state index in [9.17, 15) is 0 Å². The van der Waals surface area contributed by atoms with Crippen LogP contribution < -0.4 is 10.1 Å². The average Bonchev–Trinajstić information content (AvgIpc) is 3.01. The van der Waals surface area contributed by atoms with Gasteiger partial charge in [0, 0.05) is 39.7 Å². The van der Waals surface area contributed by atoms with Gasteiger partial charge in [0.2, 0.25) is 0 Å². The van der Waals surface area contributed by atoms with Crippen LogP contribution in [0.25, 0.3) is 0 Å². The normalized spacial score (nSPS) is 18.6. The first-order valence-electron chi connectivity index (χ1n) is 7.85. The summed E-state index contributed by atoms with van der Waals surface area (Å²) in [5.41, 5.74) is 1.21. The van der Waals surface area contributed by atoms with Crippen LogP contribution in [0.2, 0.25) is 0 Å². The number of para-hydroxylation sites is 1. The molecule has 122 valence electrons.